The molecule has 1 unspecified atom stereocenters. The molecule has 0 aromatic heterocycles. The zero-order chi connectivity index (χ0) is 11.4. The average molecular weight is 218 g/mol. The highest BCUT2D eigenvalue weighted by molar-refractivity contribution is 5.79. The van der Waals surface area contributed by atoms with E-state index < -0.39 is 0 Å². The second kappa shape index (κ2) is 5.12. The van der Waals surface area contributed by atoms with Crippen LogP contribution in [0.2, 0.25) is 0 Å². The second-order valence-electron chi connectivity index (χ2n) is 4.39. The lowest BCUT2D eigenvalue weighted by molar-refractivity contribution is -0.124. The molecule has 1 heterocycles. The molecule has 16 heavy (non-hydrogen) atoms. The first-order chi connectivity index (χ1) is 7.75. The zero-order valence-electron chi connectivity index (χ0n) is 9.62. The van der Waals surface area contributed by atoms with Crippen molar-refractivity contribution in [2.45, 2.75) is 19.9 Å². The van der Waals surface area contributed by atoms with Crippen LogP contribution in [0.3, 0.4) is 0 Å². The summed E-state index contributed by atoms with van der Waals surface area (Å²) in [6.07, 6.45) is 0.958. The number of nitrogens with one attached hydrogen (secondary N) is 2. The number of rotatable bonds is 3. The minimum absolute atomic E-state index is 0.158. The van der Waals surface area contributed by atoms with Crippen molar-refractivity contribution < 1.29 is 4.79 Å². The first kappa shape index (κ1) is 11.1. The number of carbonyl (C=O) groups is 1. The lowest BCUT2D eigenvalue weighted by Gasteiger charge is -2.09. The second-order valence-corrected chi connectivity index (χ2v) is 4.39. The van der Waals surface area contributed by atoms with Crippen molar-refractivity contribution in [3.05, 3.63) is 35.4 Å². The SMILES string of the molecule is Cc1ccc(CNC(=O)C2CCNC2)cc1. The molecule has 1 amide bonds. The summed E-state index contributed by atoms with van der Waals surface area (Å²) in [7, 11) is 0. The smallest absolute Gasteiger partial charge is 0.224 e. The van der Waals surface area contributed by atoms with E-state index >= 15 is 0 Å². The number of amides is 1. The third kappa shape index (κ3) is 2.83. The molecule has 1 aromatic rings. The molecule has 1 fully saturated rings. The van der Waals surface area contributed by atoms with Crippen molar-refractivity contribution in [2.24, 2.45) is 5.92 Å². The molecular formula is C13H18N2O. The van der Waals surface area contributed by atoms with Gasteiger partial charge < -0.3 is 10.6 Å². The maximum Gasteiger partial charge on any atom is 0.224 e. The van der Waals surface area contributed by atoms with E-state index in [2.05, 4.69) is 41.8 Å². The summed E-state index contributed by atoms with van der Waals surface area (Å²) in [6, 6.07) is 8.25. The molecule has 0 spiro atoms. The van der Waals surface area contributed by atoms with Crippen molar-refractivity contribution in [2.75, 3.05) is 13.1 Å². The fourth-order valence-corrected chi connectivity index (χ4v) is 1.92. The molecule has 0 radical (unpaired) electrons. The normalized spacial score (nSPS) is 19.7. The molecule has 1 atom stereocenters. The van der Waals surface area contributed by atoms with E-state index in [9.17, 15) is 4.79 Å². The summed E-state index contributed by atoms with van der Waals surface area (Å²) in [4.78, 5) is 11.7. The molecule has 0 aliphatic carbocycles. The molecule has 0 saturated carbocycles. The van der Waals surface area contributed by atoms with E-state index in [1.54, 1.807) is 0 Å². The topological polar surface area (TPSA) is 41.1 Å². The van der Waals surface area contributed by atoms with Crippen LogP contribution in [0.5, 0.6) is 0 Å². The fourth-order valence-electron chi connectivity index (χ4n) is 1.92. The van der Waals surface area contributed by atoms with Crippen LogP contribution >= 0.6 is 0 Å². The molecule has 86 valence electrons. The predicted molar refractivity (Wildman–Crippen MR) is 64.0 cm³/mol. The first-order valence-corrected chi connectivity index (χ1v) is 5.79. The number of hydrogen-bond donors (Lipinski definition) is 2. The van der Waals surface area contributed by atoms with E-state index in [4.69, 9.17) is 0 Å². The van der Waals surface area contributed by atoms with Crippen molar-refractivity contribution in [1.82, 2.24) is 10.6 Å². The van der Waals surface area contributed by atoms with Gasteiger partial charge in [0, 0.05) is 13.1 Å². The monoisotopic (exact) mass is 218 g/mol. The Hall–Kier alpha value is -1.35. The van der Waals surface area contributed by atoms with E-state index in [-0.39, 0.29) is 11.8 Å². The van der Waals surface area contributed by atoms with Gasteiger partial charge in [-0.1, -0.05) is 29.8 Å². The van der Waals surface area contributed by atoms with Gasteiger partial charge >= 0.3 is 0 Å². The summed E-state index contributed by atoms with van der Waals surface area (Å²) in [6.45, 7) is 4.48. The number of aryl methyl sites for hydroxylation is 1. The summed E-state index contributed by atoms with van der Waals surface area (Å²) >= 11 is 0. The van der Waals surface area contributed by atoms with Crippen LogP contribution in [-0.4, -0.2) is 19.0 Å². The number of benzene rings is 1. The first-order valence-electron chi connectivity index (χ1n) is 5.79. The standard InChI is InChI=1S/C13H18N2O/c1-10-2-4-11(5-3-10)8-15-13(16)12-6-7-14-9-12/h2-5,12,14H,6-9H2,1H3,(H,15,16). The van der Waals surface area contributed by atoms with Crippen LogP contribution in [0.25, 0.3) is 0 Å². The Balaban J connectivity index is 1.82. The fraction of sp³-hybridized carbons (Fsp3) is 0.462. The third-order valence-electron chi connectivity index (χ3n) is 3.02. The number of hydrogen-bond acceptors (Lipinski definition) is 2. The number of carbonyl (C=O) groups excluding carboxylic acids is 1. The van der Waals surface area contributed by atoms with Gasteiger partial charge in [-0.25, -0.2) is 0 Å². The van der Waals surface area contributed by atoms with Crippen LogP contribution < -0.4 is 10.6 Å². The van der Waals surface area contributed by atoms with Gasteiger partial charge in [0.05, 0.1) is 5.92 Å². The van der Waals surface area contributed by atoms with Crippen molar-refractivity contribution in [1.29, 1.82) is 0 Å². The zero-order valence-corrected chi connectivity index (χ0v) is 9.62. The van der Waals surface area contributed by atoms with Crippen molar-refractivity contribution in [3.63, 3.8) is 0 Å². The molecule has 1 saturated heterocycles. The van der Waals surface area contributed by atoms with Crippen LogP contribution in [0.1, 0.15) is 17.5 Å². The molecule has 1 aliphatic rings. The molecule has 2 rings (SSSR count). The van der Waals surface area contributed by atoms with E-state index in [1.165, 1.54) is 5.56 Å². The average Bonchev–Trinajstić information content (AvgIpc) is 2.81. The van der Waals surface area contributed by atoms with Crippen LogP contribution in [0, 0.1) is 12.8 Å². The van der Waals surface area contributed by atoms with Gasteiger partial charge in [0.2, 0.25) is 5.91 Å². The van der Waals surface area contributed by atoms with E-state index in [1.807, 2.05) is 0 Å². The molecule has 3 heteroatoms. The maximum absolute atomic E-state index is 11.7. The Morgan fingerprint density at radius 3 is 2.81 bits per heavy atom. The summed E-state index contributed by atoms with van der Waals surface area (Å²) in [5.74, 6) is 0.330. The Labute approximate surface area is 96.2 Å². The van der Waals surface area contributed by atoms with E-state index in [0.717, 1.165) is 25.1 Å². The molecule has 2 N–H and O–H groups in total. The largest absolute Gasteiger partial charge is 0.352 e. The molecule has 1 aromatic carbocycles. The van der Waals surface area contributed by atoms with Gasteiger partial charge in [0.15, 0.2) is 0 Å². The van der Waals surface area contributed by atoms with E-state index in [0.29, 0.717) is 6.54 Å². The van der Waals surface area contributed by atoms with Gasteiger partial charge in [-0.15, -0.1) is 0 Å². The highest BCUT2D eigenvalue weighted by Gasteiger charge is 2.21. The Morgan fingerprint density at radius 1 is 1.44 bits per heavy atom. The Bertz CT molecular complexity index is 353. The van der Waals surface area contributed by atoms with Crippen molar-refractivity contribution in [3.8, 4) is 0 Å². The Kier molecular flexibility index (Phi) is 3.57. The lowest BCUT2D eigenvalue weighted by atomic mass is 10.1. The summed E-state index contributed by atoms with van der Waals surface area (Å²) < 4.78 is 0. The van der Waals surface area contributed by atoms with Gasteiger partial charge in [-0.3, -0.25) is 4.79 Å². The van der Waals surface area contributed by atoms with Gasteiger partial charge in [-0.2, -0.15) is 0 Å². The maximum atomic E-state index is 11.7. The predicted octanol–water partition coefficient (Wildman–Crippen LogP) is 1.22. The van der Waals surface area contributed by atoms with Crippen LogP contribution in [0.15, 0.2) is 24.3 Å². The minimum atomic E-state index is 0.158. The minimum Gasteiger partial charge on any atom is -0.352 e. The summed E-state index contributed by atoms with van der Waals surface area (Å²) in [5.41, 5.74) is 2.40. The lowest BCUT2D eigenvalue weighted by Crippen LogP contribution is -2.31. The van der Waals surface area contributed by atoms with Crippen molar-refractivity contribution >= 4 is 5.91 Å². The molecule has 0 bridgehead atoms. The van der Waals surface area contributed by atoms with Crippen LogP contribution in [0.4, 0.5) is 0 Å². The van der Waals surface area contributed by atoms with Crippen LogP contribution in [-0.2, 0) is 11.3 Å². The molecule has 3 nitrogen and oxygen atoms in total. The summed E-state index contributed by atoms with van der Waals surface area (Å²) in [5, 5.41) is 6.18. The molecule has 1 aliphatic heterocycles. The highest BCUT2D eigenvalue weighted by Crippen LogP contribution is 2.08. The Morgan fingerprint density at radius 2 is 2.19 bits per heavy atom. The highest BCUT2D eigenvalue weighted by atomic mass is 16.1. The van der Waals surface area contributed by atoms with Gasteiger partial charge in [0.25, 0.3) is 0 Å². The van der Waals surface area contributed by atoms with Gasteiger partial charge in [-0.05, 0) is 25.5 Å². The quantitative estimate of drug-likeness (QED) is 0.801. The van der Waals surface area contributed by atoms with Gasteiger partial charge in [0.1, 0.15) is 0 Å². The third-order valence-corrected chi connectivity index (χ3v) is 3.02. The molecular weight excluding hydrogens is 200 g/mol.